The fraction of sp³-hybridized carbons (Fsp3) is 0.250. The molecule has 0 spiro atoms. The molecule has 0 aromatic heterocycles. The Labute approximate surface area is 279 Å². The highest BCUT2D eigenvalue weighted by Crippen LogP contribution is 2.56. The lowest BCUT2D eigenvalue weighted by Crippen LogP contribution is -2.68. The molecule has 3 aliphatic rings. The Balaban J connectivity index is 1.37. The summed E-state index contributed by atoms with van der Waals surface area (Å²) in [5.74, 6) is -11.1. The number of Topliss-reactive ketones (excluding diaryl/α,β-unsaturated/α-hetero) is 2. The summed E-state index contributed by atoms with van der Waals surface area (Å²) < 4.78 is 0. The van der Waals surface area contributed by atoms with Gasteiger partial charge in [0.2, 0.25) is 5.78 Å². The van der Waals surface area contributed by atoms with Crippen molar-refractivity contribution in [1.29, 1.82) is 0 Å². The second kappa shape index (κ2) is 11.8. The molecule has 3 aromatic rings. The maximum Gasteiger partial charge on any atom is 0.255 e. The monoisotopic (exact) mass is 667 g/mol. The van der Waals surface area contributed by atoms with E-state index in [2.05, 4.69) is 5.32 Å². The van der Waals surface area contributed by atoms with E-state index < -0.39 is 87.3 Å². The van der Waals surface area contributed by atoms with Crippen molar-refractivity contribution in [2.75, 3.05) is 19.4 Å². The molecule has 6 rings (SSSR count). The zero-order chi connectivity index (χ0) is 35.7. The van der Waals surface area contributed by atoms with Gasteiger partial charge in [0.1, 0.15) is 17.1 Å². The van der Waals surface area contributed by atoms with Crippen LogP contribution in [-0.2, 0) is 9.59 Å². The van der Waals surface area contributed by atoms with E-state index in [4.69, 9.17) is 5.73 Å². The van der Waals surface area contributed by atoms with Gasteiger partial charge in [0.25, 0.3) is 11.8 Å². The van der Waals surface area contributed by atoms with Gasteiger partial charge >= 0.3 is 0 Å². The number of nitrogens with one attached hydrogen (secondary N) is 1. The van der Waals surface area contributed by atoms with E-state index >= 15 is 0 Å². The van der Waals surface area contributed by atoms with Crippen molar-refractivity contribution >= 4 is 34.9 Å². The van der Waals surface area contributed by atoms with Crippen molar-refractivity contribution in [3.63, 3.8) is 0 Å². The first-order valence-corrected chi connectivity index (χ1v) is 15.3. The number of aromatic hydroxyl groups is 1. The number of fused-ring (bicyclic) bond motifs is 3. The highest BCUT2D eigenvalue weighted by atomic mass is 16.4. The molecule has 13 nitrogen and oxygen atoms in total. The van der Waals surface area contributed by atoms with Crippen LogP contribution in [0.5, 0.6) is 5.75 Å². The first kappa shape index (κ1) is 33.3. The molecule has 13 heteroatoms. The van der Waals surface area contributed by atoms with E-state index in [1.54, 1.807) is 37.3 Å². The Kier molecular flexibility index (Phi) is 8.02. The van der Waals surface area contributed by atoms with E-state index in [0.29, 0.717) is 11.1 Å². The average Bonchev–Trinajstić information content (AvgIpc) is 3.07. The molecule has 3 aliphatic carbocycles. The molecule has 8 N–H and O–H groups in total. The van der Waals surface area contributed by atoms with Crippen molar-refractivity contribution < 1.29 is 49.5 Å². The number of anilines is 1. The standard InChI is InChI=1S/C36H33N3O10/c1-15-19-13-14-20(38-35(48)18-11-9-17(10-12-18)27(40)16-7-5-4-6-8-16)28(41)22(19)29(42)23-21(15)30(43)25-26(39(2)3)31(44)24(34(37)47)33(46)36(25,49)32(23)45/h4-15,21,25-26,30,41,43-45,49H,1-3H3,(H2,37,47)(H,38,48). The van der Waals surface area contributed by atoms with Crippen LogP contribution in [0.4, 0.5) is 5.69 Å². The van der Waals surface area contributed by atoms with Gasteiger partial charge in [-0.15, -0.1) is 0 Å². The normalized spacial score (nSPS) is 26.2. The number of carbonyl (C=O) groups excluding carboxylic acids is 5. The molecule has 0 saturated heterocycles. The Morgan fingerprint density at radius 3 is 2.06 bits per heavy atom. The summed E-state index contributed by atoms with van der Waals surface area (Å²) in [7, 11) is 2.91. The number of nitrogens with two attached hydrogens (primary N) is 1. The van der Waals surface area contributed by atoms with Crippen LogP contribution in [0.25, 0.3) is 0 Å². The van der Waals surface area contributed by atoms with Crippen LogP contribution in [0.1, 0.15) is 55.0 Å². The number of phenols is 1. The summed E-state index contributed by atoms with van der Waals surface area (Å²) >= 11 is 0. The third kappa shape index (κ3) is 4.85. The van der Waals surface area contributed by atoms with Crippen LogP contribution in [0, 0.1) is 11.8 Å². The lowest BCUT2D eigenvalue weighted by atomic mass is 9.55. The van der Waals surface area contributed by atoms with Crippen molar-refractivity contribution in [2.45, 2.75) is 30.6 Å². The van der Waals surface area contributed by atoms with E-state index in [0.717, 1.165) is 0 Å². The number of phenolic OH excluding ortho intramolecular Hbond substituents is 1. The summed E-state index contributed by atoms with van der Waals surface area (Å²) in [4.78, 5) is 67.1. The highest BCUT2D eigenvalue weighted by molar-refractivity contribution is 6.25. The van der Waals surface area contributed by atoms with Gasteiger partial charge in [-0.3, -0.25) is 28.9 Å². The third-order valence-corrected chi connectivity index (χ3v) is 9.82. The molecule has 0 saturated carbocycles. The molecule has 0 radical (unpaired) electrons. The van der Waals surface area contributed by atoms with E-state index in [-0.39, 0.29) is 28.2 Å². The maximum atomic E-state index is 14.1. The van der Waals surface area contributed by atoms with Crippen LogP contribution in [0.3, 0.4) is 0 Å². The summed E-state index contributed by atoms with van der Waals surface area (Å²) in [5, 5.41) is 59.9. The number of aliphatic hydroxyl groups excluding tert-OH is 3. The predicted molar refractivity (Wildman–Crippen MR) is 174 cm³/mol. The molecule has 2 amide bonds. The van der Waals surface area contributed by atoms with Crippen molar-refractivity contribution in [3.05, 3.63) is 117 Å². The number of benzene rings is 3. The second-order valence-corrected chi connectivity index (χ2v) is 12.7. The van der Waals surface area contributed by atoms with Crippen LogP contribution in [0.15, 0.2) is 89.4 Å². The Morgan fingerprint density at radius 2 is 1.47 bits per heavy atom. The zero-order valence-electron chi connectivity index (χ0n) is 26.5. The number of nitrogens with zero attached hydrogens (tertiary/aromatic N) is 1. The van der Waals surface area contributed by atoms with Crippen molar-refractivity contribution in [1.82, 2.24) is 4.90 Å². The summed E-state index contributed by atoms with van der Waals surface area (Å²) in [6, 6.07) is 15.9. The SMILES string of the molecule is CC1c2ccc(NC(=O)c3ccc(C(=O)c4ccccc4)cc3)c(O)c2C(=O)C2=C(O)C3(O)C(=O)C(C(N)=O)=C(O)C(N(C)C)C3C(O)C21. The number of primary amides is 1. The summed E-state index contributed by atoms with van der Waals surface area (Å²) in [6.45, 7) is 1.60. The zero-order valence-corrected chi connectivity index (χ0v) is 26.5. The number of amides is 2. The van der Waals surface area contributed by atoms with Gasteiger partial charge in [0, 0.05) is 28.2 Å². The van der Waals surface area contributed by atoms with Crippen LogP contribution >= 0.6 is 0 Å². The largest absolute Gasteiger partial charge is 0.510 e. The molecule has 0 aliphatic heterocycles. The molecular weight excluding hydrogens is 634 g/mol. The minimum Gasteiger partial charge on any atom is -0.510 e. The molecule has 252 valence electrons. The average molecular weight is 668 g/mol. The minimum absolute atomic E-state index is 0.137. The Bertz CT molecular complexity index is 2020. The Hall–Kier alpha value is -5.63. The molecule has 49 heavy (non-hydrogen) atoms. The Morgan fingerprint density at radius 1 is 0.878 bits per heavy atom. The maximum absolute atomic E-state index is 14.1. The van der Waals surface area contributed by atoms with Crippen LogP contribution in [-0.4, -0.2) is 91.4 Å². The van der Waals surface area contributed by atoms with Crippen LogP contribution in [0.2, 0.25) is 0 Å². The van der Waals surface area contributed by atoms with Gasteiger partial charge < -0.3 is 36.6 Å². The van der Waals surface area contributed by atoms with E-state index in [9.17, 15) is 49.5 Å². The molecule has 3 aromatic carbocycles. The summed E-state index contributed by atoms with van der Waals surface area (Å²) in [6.07, 6.45) is -1.73. The van der Waals surface area contributed by atoms with E-state index in [1.807, 2.05) is 0 Å². The fourth-order valence-electron chi connectivity index (χ4n) is 7.45. The number of ketones is 3. The fourth-order valence-corrected chi connectivity index (χ4v) is 7.45. The smallest absolute Gasteiger partial charge is 0.255 e. The van der Waals surface area contributed by atoms with Crippen molar-refractivity contribution in [2.24, 2.45) is 17.6 Å². The topological polar surface area (TPSA) is 228 Å². The molecular formula is C36H33N3O10. The first-order valence-electron chi connectivity index (χ1n) is 15.3. The number of aliphatic hydroxyl groups is 4. The lowest BCUT2D eigenvalue weighted by molar-refractivity contribution is -0.162. The number of rotatable bonds is 6. The number of hydrogen-bond acceptors (Lipinski definition) is 11. The molecule has 6 atom stereocenters. The van der Waals surface area contributed by atoms with Gasteiger partial charge in [-0.25, -0.2) is 0 Å². The highest BCUT2D eigenvalue weighted by Gasteiger charge is 2.67. The molecule has 0 fully saturated rings. The molecule has 0 bridgehead atoms. The predicted octanol–water partition coefficient (Wildman–Crippen LogP) is 2.14. The summed E-state index contributed by atoms with van der Waals surface area (Å²) in [5.41, 5.74) is 1.45. The van der Waals surface area contributed by atoms with Gasteiger partial charge in [0.15, 0.2) is 22.9 Å². The van der Waals surface area contributed by atoms with Gasteiger partial charge in [-0.05, 0) is 43.8 Å². The van der Waals surface area contributed by atoms with Gasteiger partial charge in [0.05, 0.1) is 29.3 Å². The van der Waals surface area contributed by atoms with Crippen LogP contribution < -0.4 is 11.1 Å². The van der Waals surface area contributed by atoms with Crippen molar-refractivity contribution in [3.8, 4) is 5.75 Å². The van der Waals surface area contributed by atoms with E-state index in [1.165, 1.54) is 55.4 Å². The molecule has 0 heterocycles. The lowest BCUT2D eigenvalue weighted by Gasteiger charge is -2.53. The number of carbonyl (C=O) groups is 5. The minimum atomic E-state index is -3.04. The second-order valence-electron chi connectivity index (χ2n) is 12.7. The number of likely N-dealkylation sites (N-methyl/N-ethyl adjacent to an activating group) is 1. The quantitative estimate of drug-likeness (QED) is 0.114. The first-order chi connectivity index (χ1) is 23.1. The molecule has 6 unspecified atom stereocenters. The third-order valence-electron chi connectivity index (χ3n) is 9.82. The van der Waals surface area contributed by atoms with Gasteiger partial charge in [-0.1, -0.05) is 55.5 Å². The number of hydrogen-bond donors (Lipinski definition) is 7. The van der Waals surface area contributed by atoms with Gasteiger partial charge in [-0.2, -0.15) is 0 Å².